The highest BCUT2D eigenvalue weighted by atomic mass is 32.2. The number of nitrogens with one attached hydrogen (secondary N) is 1. The SMILES string of the molecule is CC(N)c1ccc(NS(=O)(=O)N(C)C)cc1. The van der Waals surface area contributed by atoms with E-state index in [2.05, 4.69) is 4.72 Å². The summed E-state index contributed by atoms with van der Waals surface area (Å²) in [5.41, 5.74) is 7.18. The Morgan fingerprint density at radius 3 is 2.12 bits per heavy atom. The minimum Gasteiger partial charge on any atom is -0.324 e. The number of benzene rings is 1. The molecule has 16 heavy (non-hydrogen) atoms. The third-order valence-electron chi connectivity index (χ3n) is 2.16. The first-order valence-electron chi connectivity index (χ1n) is 4.89. The van der Waals surface area contributed by atoms with Gasteiger partial charge in [-0.1, -0.05) is 12.1 Å². The van der Waals surface area contributed by atoms with E-state index in [9.17, 15) is 8.42 Å². The molecule has 90 valence electrons. The van der Waals surface area contributed by atoms with Crippen LogP contribution in [0.3, 0.4) is 0 Å². The molecule has 1 rings (SSSR count). The van der Waals surface area contributed by atoms with E-state index in [4.69, 9.17) is 5.73 Å². The minimum absolute atomic E-state index is 0.0560. The predicted octanol–water partition coefficient (Wildman–Crippen LogP) is 0.925. The van der Waals surface area contributed by atoms with Crippen LogP contribution in [-0.4, -0.2) is 26.8 Å². The van der Waals surface area contributed by atoms with Gasteiger partial charge in [-0.3, -0.25) is 4.72 Å². The molecule has 0 aliphatic carbocycles. The molecule has 1 atom stereocenters. The fraction of sp³-hybridized carbons (Fsp3) is 0.400. The summed E-state index contributed by atoms with van der Waals surface area (Å²) in [6.07, 6.45) is 0. The number of nitrogens with zero attached hydrogens (tertiary/aromatic N) is 1. The van der Waals surface area contributed by atoms with Crippen LogP contribution in [0.25, 0.3) is 0 Å². The second-order valence-electron chi connectivity index (χ2n) is 3.80. The highest BCUT2D eigenvalue weighted by molar-refractivity contribution is 7.90. The molecule has 1 aromatic carbocycles. The maximum Gasteiger partial charge on any atom is 0.301 e. The normalized spacial score (nSPS) is 13.8. The second-order valence-corrected chi connectivity index (χ2v) is 5.68. The van der Waals surface area contributed by atoms with Gasteiger partial charge in [-0.15, -0.1) is 0 Å². The van der Waals surface area contributed by atoms with E-state index in [0.29, 0.717) is 5.69 Å². The Hall–Kier alpha value is -1.11. The van der Waals surface area contributed by atoms with Crippen molar-refractivity contribution < 1.29 is 8.42 Å². The molecule has 0 fully saturated rings. The third kappa shape index (κ3) is 3.19. The summed E-state index contributed by atoms with van der Waals surface area (Å²) in [5, 5.41) is 0. The Morgan fingerprint density at radius 1 is 1.25 bits per heavy atom. The zero-order chi connectivity index (χ0) is 12.3. The van der Waals surface area contributed by atoms with Gasteiger partial charge in [0.25, 0.3) is 0 Å². The number of nitrogens with two attached hydrogens (primary N) is 1. The van der Waals surface area contributed by atoms with Crippen molar-refractivity contribution in [2.45, 2.75) is 13.0 Å². The summed E-state index contributed by atoms with van der Waals surface area (Å²) in [7, 11) is -0.490. The summed E-state index contributed by atoms with van der Waals surface area (Å²) in [6, 6.07) is 6.94. The summed E-state index contributed by atoms with van der Waals surface area (Å²) in [6.45, 7) is 1.87. The minimum atomic E-state index is -3.43. The molecule has 5 nitrogen and oxygen atoms in total. The highest BCUT2D eigenvalue weighted by Gasteiger charge is 2.12. The van der Waals surface area contributed by atoms with Crippen molar-refractivity contribution in [1.82, 2.24) is 4.31 Å². The fourth-order valence-corrected chi connectivity index (χ4v) is 1.71. The van der Waals surface area contributed by atoms with Gasteiger partial charge in [-0.2, -0.15) is 12.7 Å². The van der Waals surface area contributed by atoms with Gasteiger partial charge in [0.1, 0.15) is 0 Å². The van der Waals surface area contributed by atoms with E-state index < -0.39 is 10.2 Å². The molecule has 0 radical (unpaired) electrons. The summed E-state index contributed by atoms with van der Waals surface area (Å²) in [5.74, 6) is 0. The average molecular weight is 243 g/mol. The number of hydrogen-bond donors (Lipinski definition) is 2. The smallest absolute Gasteiger partial charge is 0.301 e. The Balaban J connectivity index is 2.85. The standard InChI is InChI=1S/C10H17N3O2S/c1-8(11)9-4-6-10(7-5-9)12-16(14,15)13(2)3/h4-8,12H,11H2,1-3H3. The maximum atomic E-state index is 11.5. The van der Waals surface area contributed by atoms with Crippen LogP contribution in [0.1, 0.15) is 18.5 Å². The molecular weight excluding hydrogens is 226 g/mol. The Labute approximate surface area is 96.4 Å². The van der Waals surface area contributed by atoms with E-state index in [0.717, 1.165) is 9.87 Å². The van der Waals surface area contributed by atoms with Gasteiger partial charge >= 0.3 is 10.2 Å². The van der Waals surface area contributed by atoms with Crippen molar-refractivity contribution in [2.75, 3.05) is 18.8 Å². The van der Waals surface area contributed by atoms with Gasteiger partial charge in [0, 0.05) is 25.8 Å². The van der Waals surface area contributed by atoms with Crippen LogP contribution in [0, 0.1) is 0 Å². The van der Waals surface area contributed by atoms with Crippen molar-refractivity contribution in [1.29, 1.82) is 0 Å². The first-order chi connectivity index (χ1) is 7.33. The molecule has 1 unspecified atom stereocenters. The molecule has 0 saturated heterocycles. The van der Waals surface area contributed by atoms with Gasteiger partial charge in [-0.25, -0.2) is 0 Å². The van der Waals surface area contributed by atoms with Crippen molar-refractivity contribution in [2.24, 2.45) is 5.73 Å². The molecule has 0 amide bonds. The number of rotatable bonds is 4. The highest BCUT2D eigenvalue weighted by Crippen LogP contribution is 2.15. The molecule has 0 aromatic heterocycles. The molecule has 0 saturated carbocycles. The van der Waals surface area contributed by atoms with Gasteiger partial charge in [0.05, 0.1) is 0 Å². The van der Waals surface area contributed by atoms with Crippen molar-refractivity contribution >= 4 is 15.9 Å². The zero-order valence-corrected chi connectivity index (χ0v) is 10.5. The van der Waals surface area contributed by atoms with E-state index in [1.807, 2.05) is 6.92 Å². The summed E-state index contributed by atoms with van der Waals surface area (Å²) in [4.78, 5) is 0. The zero-order valence-electron chi connectivity index (χ0n) is 9.64. The lowest BCUT2D eigenvalue weighted by Gasteiger charge is -2.14. The van der Waals surface area contributed by atoms with Crippen LogP contribution in [-0.2, 0) is 10.2 Å². The maximum absolute atomic E-state index is 11.5. The van der Waals surface area contributed by atoms with Crippen LogP contribution in [0.2, 0.25) is 0 Å². The Kier molecular flexibility index (Phi) is 3.90. The predicted molar refractivity (Wildman–Crippen MR) is 65.3 cm³/mol. The summed E-state index contributed by atoms with van der Waals surface area (Å²) >= 11 is 0. The molecule has 6 heteroatoms. The molecule has 1 aromatic rings. The number of hydrogen-bond acceptors (Lipinski definition) is 3. The Morgan fingerprint density at radius 2 is 1.75 bits per heavy atom. The lowest BCUT2D eigenvalue weighted by molar-refractivity contribution is 0.527. The molecular formula is C10H17N3O2S. The average Bonchev–Trinajstić information content (AvgIpc) is 2.17. The van der Waals surface area contributed by atoms with Crippen LogP contribution in [0.5, 0.6) is 0 Å². The molecule has 3 N–H and O–H groups in total. The van der Waals surface area contributed by atoms with Crippen LogP contribution in [0.15, 0.2) is 24.3 Å². The molecule has 0 aliphatic heterocycles. The van der Waals surface area contributed by atoms with E-state index in [1.54, 1.807) is 24.3 Å². The molecule has 0 heterocycles. The fourth-order valence-electron chi connectivity index (χ4n) is 1.09. The first-order valence-corrected chi connectivity index (χ1v) is 6.33. The van der Waals surface area contributed by atoms with Crippen LogP contribution >= 0.6 is 0 Å². The monoisotopic (exact) mass is 243 g/mol. The van der Waals surface area contributed by atoms with E-state index in [1.165, 1.54) is 14.1 Å². The summed E-state index contributed by atoms with van der Waals surface area (Å²) < 4.78 is 26.6. The van der Waals surface area contributed by atoms with Crippen molar-refractivity contribution in [3.8, 4) is 0 Å². The van der Waals surface area contributed by atoms with Gasteiger partial charge < -0.3 is 5.73 Å². The lowest BCUT2D eigenvalue weighted by Crippen LogP contribution is -2.28. The van der Waals surface area contributed by atoms with Gasteiger partial charge in [0.2, 0.25) is 0 Å². The molecule has 0 bridgehead atoms. The first kappa shape index (κ1) is 13.0. The number of anilines is 1. The largest absolute Gasteiger partial charge is 0.324 e. The second kappa shape index (κ2) is 4.82. The van der Waals surface area contributed by atoms with E-state index >= 15 is 0 Å². The van der Waals surface area contributed by atoms with Crippen LogP contribution < -0.4 is 10.5 Å². The topological polar surface area (TPSA) is 75.4 Å². The molecule has 0 spiro atoms. The van der Waals surface area contributed by atoms with Gasteiger partial charge in [-0.05, 0) is 24.6 Å². The van der Waals surface area contributed by atoms with Crippen molar-refractivity contribution in [3.63, 3.8) is 0 Å². The molecule has 0 aliphatic rings. The van der Waals surface area contributed by atoms with Gasteiger partial charge in [0.15, 0.2) is 0 Å². The Bertz CT molecular complexity index is 438. The lowest BCUT2D eigenvalue weighted by atomic mass is 10.1. The quantitative estimate of drug-likeness (QED) is 0.826. The van der Waals surface area contributed by atoms with Crippen molar-refractivity contribution in [3.05, 3.63) is 29.8 Å². The third-order valence-corrected chi connectivity index (χ3v) is 3.62. The van der Waals surface area contributed by atoms with E-state index in [-0.39, 0.29) is 6.04 Å². The van der Waals surface area contributed by atoms with Crippen LogP contribution in [0.4, 0.5) is 5.69 Å².